The Morgan fingerprint density at radius 1 is 1.14 bits per heavy atom. The lowest BCUT2D eigenvalue weighted by Crippen LogP contribution is -2.46. The maximum Gasteiger partial charge on any atom is 0.264 e. The van der Waals surface area contributed by atoms with E-state index in [-0.39, 0.29) is 17.6 Å². The summed E-state index contributed by atoms with van der Waals surface area (Å²) < 4.78 is 33.5. The number of aromatic nitrogens is 2. The van der Waals surface area contributed by atoms with Gasteiger partial charge >= 0.3 is 0 Å². The number of rotatable bonds is 6. The third kappa shape index (κ3) is 5.01. The monoisotopic (exact) mass is 542 g/mol. The maximum atomic E-state index is 13.7. The molecule has 0 bridgehead atoms. The topological polar surface area (TPSA) is 123 Å². The van der Waals surface area contributed by atoms with Gasteiger partial charge in [0.2, 0.25) is 15.9 Å². The van der Waals surface area contributed by atoms with Gasteiger partial charge in [0.1, 0.15) is 22.7 Å². The lowest BCUT2D eigenvalue weighted by molar-refractivity contribution is -0.123. The quantitative estimate of drug-likeness (QED) is 0.379. The number of halogens is 1. The van der Waals surface area contributed by atoms with Crippen LogP contribution in [0.15, 0.2) is 57.8 Å². The van der Waals surface area contributed by atoms with Crippen molar-refractivity contribution in [3.05, 3.63) is 75.2 Å². The number of carbonyl (C=O) groups excluding carboxylic acids is 1. The molecule has 0 aliphatic heterocycles. The van der Waals surface area contributed by atoms with Crippen LogP contribution in [0.1, 0.15) is 49.1 Å². The van der Waals surface area contributed by atoms with Gasteiger partial charge in [0.25, 0.3) is 5.56 Å². The molecule has 1 aliphatic carbocycles. The van der Waals surface area contributed by atoms with E-state index in [0.717, 1.165) is 19.1 Å². The van der Waals surface area contributed by atoms with Gasteiger partial charge in [-0.2, -0.15) is 4.72 Å². The van der Waals surface area contributed by atoms with Crippen molar-refractivity contribution >= 4 is 49.3 Å². The van der Waals surface area contributed by atoms with Crippen molar-refractivity contribution in [1.29, 1.82) is 0 Å². The van der Waals surface area contributed by atoms with Gasteiger partial charge in [0, 0.05) is 17.5 Å². The molecule has 1 amide bonds. The zero-order chi connectivity index (χ0) is 26.3. The third-order valence-corrected chi connectivity index (χ3v) is 7.85. The van der Waals surface area contributed by atoms with E-state index in [2.05, 4.69) is 15.2 Å². The van der Waals surface area contributed by atoms with Crippen LogP contribution in [0.2, 0.25) is 5.02 Å². The Hall–Kier alpha value is -3.21. The molecule has 0 spiro atoms. The summed E-state index contributed by atoms with van der Waals surface area (Å²) in [5.74, 6) is -0.0124. The first-order chi connectivity index (χ1) is 17.6. The van der Waals surface area contributed by atoms with Gasteiger partial charge < -0.3 is 14.4 Å². The Kier molecular flexibility index (Phi) is 6.82. The van der Waals surface area contributed by atoms with Crippen LogP contribution in [0.4, 0.5) is 0 Å². The highest BCUT2D eigenvalue weighted by Gasteiger charge is 2.31. The zero-order valence-corrected chi connectivity index (χ0v) is 22.0. The second kappa shape index (κ2) is 9.92. The molecular formula is C26H27ClN4O5S. The minimum atomic E-state index is -3.65. The molecule has 0 radical (unpaired) electrons. The van der Waals surface area contributed by atoms with E-state index >= 15 is 0 Å². The van der Waals surface area contributed by atoms with Crippen LogP contribution in [-0.4, -0.2) is 36.3 Å². The van der Waals surface area contributed by atoms with Gasteiger partial charge in [0.15, 0.2) is 0 Å². The maximum absolute atomic E-state index is 13.7. The van der Waals surface area contributed by atoms with Gasteiger partial charge in [-0.3, -0.25) is 9.59 Å². The lowest BCUT2D eigenvalue weighted by atomic mass is 9.89. The average Bonchev–Trinajstić information content (AvgIpc) is 3.24. The molecule has 37 heavy (non-hydrogen) atoms. The van der Waals surface area contributed by atoms with E-state index < -0.39 is 22.0 Å². The summed E-state index contributed by atoms with van der Waals surface area (Å²) in [6.07, 6.45) is 3.76. The van der Waals surface area contributed by atoms with Gasteiger partial charge in [0.05, 0.1) is 16.8 Å². The van der Waals surface area contributed by atoms with Gasteiger partial charge in [-0.15, -0.1) is 0 Å². The summed E-state index contributed by atoms with van der Waals surface area (Å²) in [7, 11) is -3.65. The summed E-state index contributed by atoms with van der Waals surface area (Å²) in [6, 6.07) is 12.6. The van der Waals surface area contributed by atoms with Gasteiger partial charge in [-0.1, -0.05) is 53.2 Å². The number of carbonyl (C=O) groups is 1. The highest BCUT2D eigenvalue weighted by Crippen LogP contribution is 2.35. The van der Waals surface area contributed by atoms with Crippen molar-refractivity contribution in [3.63, 3.8) is 0 Å². The molecule has 1 aliphatic rings. The molecule has 1 fully saturated rings. The predicted octanol–water partition coefficient (Wildman–Crippen LogP) is 3.99. The molecule has 4 aromatic rings. The Balaban J connectivity index is 1.48. The molecular weight excluding hydrogens is 516 g/mol. The van der Waals surface area contributed by atoms with Crippen LogP contribution in [0, 0.1) is 6.92 Å². The first kappa shape index (κ1) is 25.4. The fourth-order valence-corrected chi connectivity index (χ4v) is 6.21. The van der Waals surface area contributed by atoms with E-state index in [1.54, 1.807) is 54.0 Å². The molecule has 9 nitrogen and oxygen atoms in total. The van der Waals surface area contributed by atoms with Crippen molar-refractivity contribution in [1.82, 2.24) is 19.8 Å². The number of nitrogens with zero attached hydrogens (tertiary/aromatic N) is 2. The van der Waals surface area contributed by atoms with Crippen molar-refractivity contribution in [3.8, 4) is 0 Å². The molecule has 5 rings (SSSR count). The highest BCUT2D eigenvalue weighted by atomic mass is 35.5. The summed E-state index contributed by atoms with van der Waals surface area (Å²) in [5, 5.41) is 8.65. The molecule has 2 N–H and O–H groups in total. The second-order valence-electron chi connectivity index (χ2n) is 9.53. The molecule has 194 valence electrons. The van der Waals surface area contributed by atoms with E-state index in [4.69, 9.17) is 16.1 Å². The standard InChI is InChI=1S/C26H27ClN4O5S/c1-15-21-24(29-36-15)22-19(27)12-7-13-20(22)31(26(21)33)18-11-6-10-17(14-18)28-25(32)23(30-37(2,34)35)16-8-4-3-5-9-16/h3-5,7-9,12-13,17-18,23,30H,6,10-11,14H2,1-2H3,(H,28,32). The minimum Gasteiger partial charge on any atom is -0.360 e. The number of aryl methyl sites for hydroxylation is 1. The van der Waals surface area contributed by atoms with Gasteiger partial charge in [-0.05, 0) is 50.3 Å². The Labute approximate surface area is 218 Å². The van der Waals surface area contributed by atoms with E-state index in [9.17, 15) is 18.0 Å². The van der Waals surface area contributed by atoms with Crippen LogP contribution < -0.4 is 15.6 Å². The smallest absolute Gasteiger partial charge is 0.264 e. The number of benzene rings is 2. The number of fused-ring (bicyclic) bond motifs is 3. The number of pyridine rings is 1. The molecule has 1 saturated carbocycles. The van der Waals surface area contributed by atoms with E-state index in [1.807, 2.05) is 6.07 Å². The Bertz CT molecular complexity index is 1650. The molecule has 11 heteroatoms. The van der Waals surface area contributed by atoms with Crippen molar-refractivity contribution in [2.45, 2.75) is 50.7 Å². The Morgan fingerprint density at radius 3 is 2.62 bits per heavy atom. The molecule has 2 aromatic heterocycles. The number of sulfonamides is 1. The lowest BCUT2D eigenvalue weighted by Gasteiger charge is -2.33. The zero-order valence-electron chi connectivity index (χ0n) is 20.4. The first-order valence-electron chi connectivity index (χ1n) is 12.1. The number of hydrogen-bond acceptors (Lipinski definition) is 6. The SMILES string of the molecule is Cc1onc2c1c(=O)n(C1CCCC(NC(=O)C(NS(C)(=O)=O)c3ccccc3)C1)c1cccc(Cl)c21. The number of nitrogens with one attached hydrogen (secondary N) is 2. The minimum absolute atomic E-state index is 0.204. The van der Waals surface area contributed by atoms with Crippen molar-refractivity contribution in [2.24, 2.45) is 0 Å². The number of amides is 1. The summed E-state index contributed by atoms with van der Waals surface area (Å²) in [4.78, 5) is 27.0. The highest BCUT2D eigenvalue weighted by molar-refractivity contribution is 7.88. The molecule has 3 atom stereocenters. The van der Waals surface area contributed by atoms with E-state index in [1.165, 1.54) is 0 Å². The summed E-state index contributed by atoms with van der Waals surface area (Å²) in [5.41, 5.74) is 1.44. The predicted molar refractivity (Wildman–Crippen MR) is 142 cm³/mol. The third-order valence-electron chi connectivity index (χ3n) is 6.87. The van der Waals surface area contributed by atoms with Crippen LogP contribution in [0.3, 0.4) is 0 Å². The van der Waals surface area contributed by atoms with Crippen LogP contribution >= 0.6 is 11.6 Å². The normalized spacial score (nSPS) is 19.2. The van der Waals surface area contributed by atoms with Crippen LogP contribution in [0.5, 0.6) is 0 Å². The van der Waals surface area contributed by atoms with Crippen molar-refractivity contribution < 1.29 is 17.7 Å². The Morgan fingerprint density at radius 2 is 1.89 bits per heavy atom. The summed E-state index contributed by atoms with van der Waals surface area (Å²) in [6.45, 7) is 1.70. The first-order valence-corrected chi connectivity index (χ1v) is 14.3. The fourth-order valence-electron chi connectivity index (χ4n) is 5.28. The fraction of sp³-hybridized carbons (Fsp3) is 0.346. The van der Waals surface area contributed by atoms with Crippen molar-refractivity contribution in [2.75, 3.05) is 6.26 Å². The molecule has 3 unspecified atom stereocenters. The molecule has 2 heterocycles. The summed E-state index contributed by atoms with van der Waals surface area (Å²) >= 11 is 6.54. The molecule has 0 saturated heterocycles. The number of hydrogen-bond donors (Lipinski definition) is 2. The van der Waals surface area contributed by atoms with Gasteiger partial charge in [-0.25, -0.2) is 8.42 Å². The van der Waals surface area contributed by atoms with Crippen LogP contribution in [-0.2, 0) is 14.8 Å². The van der Waals surface area contributed by atoms with Crippen LogP contribution in [0.25, 0.3) is 21.8 Å². The molecule has 2 aromatic carbocycles. The average molecular weight is 543 g/mol. The van der Waals surface area contributed by atoms with E-state index in [0.29, 0.717) is 51.0 Å². The second-order valence-corrected chi connectivity index (χ2v) is 11.7. The largest absolute Gasteiger partial charge is 0.360 e.